The summed E-state index contributed by atoms with van der Waals surface area (Å²) in [6.45, 7) is 0.379. The van der Waals surface area contributed by atoms with E-state index in [2.05, 4.69) is 15.4 Å². The van der Waals surface area contributed by atoms with Crippen molar-refractivity contribution >= 4 is 23.6 Å². The first-order valence-electron chi connectivity index (χ1n) is 7.77. The molecule has 5 nitrogen and oxygen atoms in total. The Morgan fingerprint density at radius 2 is 2.12 bits per heavy atom. The highest BCUT2D eigenvalue weighted by molar-refractivity contribution is 6.32. The Balaban J connectivity index is 1.68. The van der Waals surface area contributed by atoms with Crippen LogP contribution in [0.2, 0.25) is 5.02 Å². The molecule has 0 bridgehead atoms. The maximum absolute atomic E-state index is 12.1. The van der Waals surface area contributed by atoms with Gasteiger partial charge in [-0.3, -0.25) is 14.5 Å². The molecule has 2 heterocycles. The van der Waals surface area contributed by atoms with Crippen LogP contribution in [-0.4, -0.2) is 20.7 Å². The van der Waals surface area contributed by atoms with E-state index >= 15 is 0 Å². The van der Waals surface area contributed by atoms with Crippen molar-refractivity contribution in [1.82, 2.24) is 20.1 Å². The first-order valence-corrected chi connectivity index (χ1v) is 8.14. The van der Waals surface area contributed by atoms with Crippen LogP contribution in [0.5, 0.6) is 0 Å². The van der Waals surface area contributed by atoms with E-state index in [1.54, 1.807) is 29.2 Å². The Morgan fingerprint density at radius 3 is 2.88 bits per heavy atom. The molecule has 2 aromatic heterocycles. The normalized spacial score (nSPS) is 11.0. The molecular weight excluding hydrogens is 336 g/mol. The minimum atomic E-state index is -0.194. The van der Waals surface area contributed by atoms with Gasteiger partial charge in [0.2, 0.25) is 5.91 Å². The second kappa shape index (κ2) is 7.77. The van der Waals surface area contributed by atoms with Gasteiger partial charge in [-0.25, -0.2) is 0 Å². The molecule has 1 aromatic carbocycles. The molecule has 0 radical (unpaired) electrons. The van der Waals surface area contributed by atoms with Crippen molar-refractivity contribution in [2.45, 2.75) is 6.54 Å². The molecule has 0 fully saturated rings. The Kier molecular flexibility index (Phi) is 5.26. The minimum absolute atomic E-state index is 0.194. The van der Waals surface area contributed by atoms with Crippen LogP contribution in [0.15, 0.2) is 61.1 Å². The fraction of sp³-hybridized carbons (Fsp3) is 0.105. The van der Waals surface area contributed by atoms with Gasteiger partial charge in [-0.2, -0.15) is 5.10 Å². The molecule has 0 aliphatic heterocycles. The third-order valence-electron chi connectivity index (χ3n) is 3.64. The Labute approximate surface area is 151 Å². The third-order valence-corrected chi connectivity index (χ3v) is 3.99. The molecule has 0 saturated carbocycles. The van der Waals surface area contributed by atoms with Crippen LogP contribution in [0.4, 0.5) is 0 Å². The minimum Gasteiger partial charge on any atom is -0.348 e. The van der Waals surface area contributed by atoms with Crippen LogP contribution < -0.4 is 5.32 Å². The fourth-order valence-corrected chi connectivity index (χ4v) is 2.60. The topological polar surface area (TPSA) is 59.8 Å². The number of halogens is 1. The van der Waals surface area contributed by atoms with Crippen molar-refractivity contribution in [3.63, 3.8) is 0 Å². The summed E-state index contributed by atoms with van der Waals surface area (Å²) in [6.07, 6.45) is 8.55. The number of hydrogen-bond donors (Lipinski definition) is 1. The standard InChI is InChI=1S/C19H17ClN4O/c1-24-13-16(12-23-24)19-15(6-4-10-21-19)11-22-18(25)9-8-14-5-2-3-7-17(14)20/h2-10,12-13H,11H2,1H3,(H,22,25)/b9-8+. The average molecular weight is 353 g/mol. The number of carbonyl (C=O) groups excluding carboxylic acids is 1. The van der Waals surface area contributed by atoms with Gasteiger partial charge >= 0.3 is 0 Å². The number of benzene rings is 1. The highest BCUT2D eigenvalue weighted by atomic mass is 35.5. The number of rotatable bonds is 5. The lowest BCUT2D eigenvalue weighted by Gasteiger charge is -2.07. The van der Waals surface area contributed by atoms with Gasteiger partial charge in [0.1, 0.15) is 0 Å². The van der Waals surface area contributed by atoms with Crippen LogP contribution in [0.3, 0.4) is 0 Å². The number of carbonyl (C=O) groups is 1. The van der Waals surface area contributed by atoms with E-state index in [0.29, 0.717) is 11.6 Å². The number of pyridine rings is 1. The zero-order valence-corrected chi connectivity index (χ0v) is 14.4. The predicted octanol–water partition coefficient (Wildman–Crippen LogP) is 3.47. The highest BCUT2D eigenvalue weighted by Crippen LogP contribution is 2.20. The predicted molar refractivity (Wildman–Crippen MR) is 98.8 cm³/mol. The molecule has 3 aromatic rings. The molecule has 0 unspecified atom stereocenters. The maximum atomic E-state index is 12.1. The van der Waals surface area contributed by atoms with E-state index in [4.69, 9.17) is 11.6 Å². The Bertz CT molecular complexity index is 917. The molecule has 0 saturated heterocycles. The van der Waals surface area contributed by atoms with E-state index < -0.39 is 0 Å². The van der Waals surface area contributed by atoms with Gasteiger partial charge < -0.3 is 5.32 Å². The van der Waals surface area contributed by atoms with Gasteiger partial charge in [-0.05, 0) is 29.3 Å². The van der Waals surface area contributed by atoms with Crippen LogP contribution in [0.25, 0.3) is 17.3 Å². The summed E-state index contributed by atoms with van der Waals surface area (Å²) in [4.78, 5) is 16.5. The number of nitrogens with one attached hydrogen (secondary N) is 1. The molecule has 126 valence electrons. The van der Waals surface area contributed by atoms with Crippen LogP contribution in [0.1, 0.15) is 11.1 Å². The maximum Gasteiger partial charge on any atom is 0.244 e. The first-order chi connectivity index (χ1) is 12.1. The lowest BCUT2D eigenvalue weighted by Crippen LogP contribution is -2.20. The van der Waals surface area contributed by atoms with Gasteiger partial charge in [0.05, 0.1) is 11.9 Å². The number of aromatic nitrogens is 3. The summed E-state index contributed by atoms with van der Waals surface area (Å²) in [7, 11) is 1.85. The zero-order valence-electron chi connectivity index (χ0n) is 13.7. The van der Waals surface area contributed by atoms with Gasteiger partial charge in [-0.15, -0.1) is 0 Å². The van der Waals surface area contributed by atoms with E-state index in [0.717, 1.165) is 22.4 Å². The SMILES string of the molecule is Cn1cc(-c2ncccc2CNC(=O)/C=C/c2ccccc2Cl)cn1. The number of aryl methyl sites for hydroxylation is 1. The molecule has 0 spiro atoms. The number of nitrogens with zero attached hydrogens (tertiary/aromatic N) is 3. The molecule has 6 heteroatoms. The molecule has 0 aliphatic rings. The van der Waals surface area contributed by atoms with Crippen molar-refractivity contribution in [3.05, 3.63) is 77.2 Å². The first kappa shape index (κ1) is 16.9. The van der Waals surface area contributed by atoms with Crippen LogP contribution in [0, 0.1) is 0 Å². The second-order valence-electron chi connectivity index (χ2n) is 5.49. The number of hydrogen-bond acceptors (Lipinski definition) is 3. The summed E-state index contributed by atoms with van der Waals surface area (Å²) >= 11 is 6.07. The summed E-state index contributed by atoms with van der Waals surface area (Å²) in [5.74, 6) is -0.194. The second-order valence-corrected chi connectivity index (χ2v) is 5.89. The largest absolute Gasteiger partial charge is 0.348 e. The van der Waals surface area contributed by atoms with Crippen molar-refractivity contribution < 1.29 is 4.79 Å². The van der Waals surface area contributed by atoms with Gasteiger partial charge in [-0.1, -0.05) is 35.9 Å². The Hall–Kier alpha value is -2.92. The molecular formula is C19H17ClN4O. The van der Waals surface area contributed by atoms with E-state index in [-0.39, 0.29) is 5.91 Å². The van der Waals surface area contributed by atoms with Crippen molar-refractivity contribution in [2.75, 3.05) is 0 Å². The zero-order chi connectivity index (χ0) is 17.6. The average Bonchev–Trinajstić information content (AvgIpc) is 3.06. The summed E-state index contributed by atoms with van der Waals surface area (Å²) in [5.41, 5.74) is 3.46. The van der Waals surface area contributed by atoms with Gasteiger partial charge in [0.25, 0.3) is 0 Å². The molecule has 25 heavy (non-hydrogen) atoms. The van der Waals surface area contributed by atoms with E-state index in [9.17, 15) is 4.79 Å². The van der Waals surface area contributed by atoms with Crippen molar-refractivity contribution in [1.29, 1.82) is 0 Å². The summed E-state index contributed by atoms with van der Waals surface area (Å²) in [5, 5.41) is 7.64. The number of amides is 1. The van der Waals surface area contributed by atoms with Crippen molar-refractivity contribution in [3.8, 4) is 11.3 Å². The van der Waals surface area contributed by atoms with E-state index in [1.165, 1.54) is 6.08 Å². The molecule has 1 amide bonds. The lowest BCUT2D eigenvalue weighted by atomic mass is 10.1. The third kappa shape index (κ3) is 4.33. The lowest BCUT2D eigenvalue weighted by molar-refractivity contribution is -0.116. The van der Waals surface area contributed by atoms with Gasteiger partial charge in [0, 0.05) is 42.6 Å². The smallest absolute Gasteiger partial charge is 0.244 e. The molecule has 0 atom stereocenters. The monoisotopic (exact) mass is 352 g/mol. The summed E-state index contributed by atoms with van der Waals surface area (Å²) < 4.78 is 1.72. The quantitative estimate of drug-likeness (QED) is 0.715. The Morgan fingerprint density at radius 1 is 1.28 bits per heavy atom. The van der Waals surface area contributed by atoms with E-state index in [1.807, 2.05) is 43.6 Å². The molecule has 0 aliphatic carbocycles. The van der Waals surface area contributed by atoms with Crippen LogP contribution >= 0.6 is 11.6 Å². The van der Waals surface area contributed by atoms with Crippen molar-refractivity contribution in [2.24, 2.45) is 7.05 Å². The molecule has 1 N–H and O–H groups in total. The van der Waals surface area contributed by atoms with Gasteiger partial charge in [0.15, 0.2) is 0 Å². The summed E-state index contributed by atoms with van der Waals surface area (Å²) in [6, 6.07) is 11.2. The van der Waals surface area contributed by atoms with Crippen LogP contribution in [-0.2, 0) is 18.4 Å². The molecule has 3 rings (SSSR count). The highest BCUT2D eigenvalue weighted by Gasteiger charge is 2.08. The fourth-order valence-electron chi connectivity index (χ4n) is 2.40.